The number of hydrogen-bond acceptors (Lipinski definition) is 3. The lowest BCUT2D eigenvalue weighted by Gasteiger charge is -2.35. The summed E-state index contributed by atoms with van der Waals surface area (Å²) in [5, 5.41) is 14.1. The van der Waals surface area contributed by atoms with E-state index in [1.165, 1.54) is 23.6 Å². The molecule has 1 aromatic rings. The minimum Gasteiger partial charge on any atom is -0.480 e. The number of aliphatic carboxylic acids is 1. The molecule has 1 rings (SSSR count). The van der Waals surface area contributed by atoms with Crippen molar-refractivity contribution in [2.24, 2.45) is 0 Å². The van der Waals surface area contributed by atoms with E-state index < -0.39 is 11.5 Å². The highest BCUT2D eigenvalue weighted by Gasteiger charge is 2.37. The molecule has 0 spiro atoms. The molecular weight excluding hydrogens is 276 g/mol. The molecule has 112 valence electrons. The molecule has 0 aliphatic carbocycles. The molecule has 2 N–H and O–H groups in total. The summed E-state index contributed by atoms with van der Waals surface area (Å²) < 4.78 is 0. The zero-order valence-corrected chi connectivity index (χ0v) is 13.2. The summed E-state index contributed by atoms with van der Waals surface area (Å²) in [7, 11) is 0. The van der Waals surface area contributed by atoms with Crippen LogP contribution in [0.2, 0.25) is 0 Å². The van der Waals surface area contributed by atoms with Crippen LogP contribution in [-0.4, -0.2) is 40.1 Å². The molecule has 2 amide bonds. The van der Waals surface area contributed by atoms with E-state index in [0.717, 1.165) is 6.42 Å². The van der Waals surface area contributed by atoms with Gasteiger partial charge in [0.25, 0.3) is 0 Å². The Morgan fingerprint density at radius 3 is 2.60 bits per heavy atom. The van der Waals surface area contributed by atoms with Crippen molar-refractivity contribution in [1.82, 2.24) is 10.2 Å². The zero-order valence-electron chi connectivity index (χ0n) is 12.3. The number of carboxylic acid groups (broad SMARTS) is 1. The third-order valence-electron chi connectivity index (χ3n) is 3.22. The number of amides is 2. The standard InChI is InChI=1S/C14H22N2O3S/c1-5-16(14(3,4)12(17)18)13(19)15-10(2)9-11-7-6-8-20-11/h6-8,10H,5,9H2,1-4H3,(H,15,19)(H,17,18). The highest BCUT2D eigenvalue weighted by atomic mass is 32.1. The van der Waals surface area contributed by atoms with Gasteiger partial charge in [-0.05, 0) is 39.1 Å². The molecule has 0 radical (unpaired) electrons. The predicted molar refractivity (Wildman–Crippen MR) is 80.1 cm³/mol. The van der Waals surface area contributed by atoms with Crippen LogP contribution in [0.15, 0.2) is 17.5 Å². The summed E-state index contributed by atoms with van der Waals surface area (Å²) in [5.74, 6) is -1.01. The van der Waals surface area contributed by atoms with Crippen LogP contribution in [0.25, 0.3) is 0 Å². The van der Waals surface area contributed by atoms with Crippen molar-refractivity contribution in [3.63, 3.8) is 0 Å². The van der Waals surface area contributed by atoms with E-state index in [9.17, 15) is 14.7 Å². The average molecular weight is 298 g/mol. The topological polar surface area (TPSA) is 69.6 Å². The first kappa shape index (κ1) is 16.5. The number of urea groups is 1. The second-order valence-electron chi connectivity index (χ2n) is 5.24. The van der Waals surface area contributed by atoms with E-state index in [0.29, 0.717) is 6.54 Å². The lowest BCUT2D eigenvalue weighted by Crippen LogP contribution is -2.57. The predicted octanol–water partition coefficient (Wildman–Crippen LogP) is 2.57. The SMILES string of the molecule is CCN(C(=O)NC(C)Cc1cccs1)C(C)(C)C(=O)O. The maximum absolute atomic E-state index is 12.2. The van der Waals surface area contributed by atoms with Gasteiger partial charge in [0, 0.05) is 23.9 Å². The molecule has 1 unspecified atom stereocenters. The highest BCUT2D eigenvalue weighted by molar-refractivity contribution is 7.09. The second kappa shape index (κ2) is 6.74. The van der Waals surface area contributed by atoms with Gasteiger partial charge in [0.05, 0.1) is 0 Å². The first-order chi connectivity index (χ1) is 9.28. The third-order valence-corrected chi connectivity index (χ3v) is 4.12. The van der Waals surface area contributed by atoms with Crippen molar-refractivity contribution in [1.29, 1.82) is 0 Å². The molecular formula is C14H22N2O3S. The van der Waals surface area contributed by atoms with E-state index in [1.54, 1.807) is 18.3 Å². The zero-order chi connectivity index (χ0) is 15.3. The summed E-state index contributed by atoms with van der Waals surface area (Å²) in [5.41, 5.74) is -1.22. The van der Waals surface area contributed by atoms with Gasteiger partial charge in [-0.1, -0.05) is 6.07 Å². The minimum absolute atomic E-state index is 0.0419. The molecule has 5 nitrogen and oxygen atoms in total. The quantitative estimate of drug-likeness (QED) is 0.848. The van der Waals surface area contributed by atoms with Crippen molar-refractivity contribution < 1.29 is 14.7 Å². The van der Waals surface area contributed by atoms with Crippen molar-refractivity contribution in [3.05, 3.63) is 22.4 Å². The maximum Gasteiger partial charge on any atom is 0.329 e. The number of hydrogen-bond donors (Lipinski definition) is 2. The van der Waals surface area contributed by atoms with Crippen molar-refractivity contribution in [2.45, 2.75) is 45.7 Å². The summed E-state index contributed by atoms with van der Waals surface area (Å²) in [6, 6.07) is 3.61. The van der Waals surface area contributed by atoms with Gasteiger partial charge in [0.1, 0.15) is 5.54 Å². The molecule has 6 heteroatoms. The monoisotopic (exact) mass is 298 g/mol. The Balaban J connectivity index is 2.66. The highest BCUT2D eigenvalue weighted by Crippen LogP contribution is 2.16. The number of rotatable bonds is 6. The first-order valence-electron chi connectivity index (χ1n) is 6.63. The fourth-order valence-corrected chi connectivity index (χ4v) is 2.81. The molecule has 0 bridgehead atoms. The van der Waals surface area contributed by atoms with Crippen LogP contribution >= 0.6 is 11.3 Å². The molecule has 0 aliphatic rings. The molecule has 0 aromatic carbocycles. The van der Waals surface area contributed by atoms with Crippen molar-refractivity contribution in [2.75, 3.05) is 6.54 Å². The minimum atomic E-state index is -1.22. The van der Waals surface area contributed by atoms with E-state index in [-0.39, 0.29) is 12.1 Å². The average Bonchev–Trinajstić information content (AvgIpc) is 2.81. The number of carboxylic acids is 1. The van der Waals surface area contributed by atoms with Crippen molar-refractivity contribution >= 4 is 23.3 Å². The van der Waals surface area contributed by atoms with Gasteiger partial charge >= 0.3 is 12.0 Å². The fraction of sp³-hybridized carbons (Fsp3) is 0.571. The summed E-state index contributed by atoms with van der Waals surface area (Å²) in [4.78, 5) is 26.0. The number of thiophene rings is 1. The van der Waals surface area contributed by atoms with Gasteiger partial charge in [-0.2, -0.15) is 0 Å². The number of carbonyl (C=O) groups excluding carboxylic acids is 1. The van der Waals surface area contributed by atoms with Gasteiger partial charge in [0.2, 0.25) is 0 Å². The molecule has 0 saturated heterocycles. The summed E-state index contributed by atoms with van der Waals surface area (Å²) in [6.07, 6.45) is 0.745. The Morgan fingerprint density at radius 2 is 2.15 bits per heavy atom. The molecule has 1 atom stereocenters. The first-order valence-corrected chi connectivity index (χ1v) is 7.51. The Kier molecular flexibility index (Phi) is 5.56. The summed E-state index contributed by atoms with van der Waals surface area (Å²) in [6.45, 7) is 7.09. The largest absolute Gasteiger partial charge is 0.480 e. The Bertz CT molecular complexity index is 457. The molecule has 1 heterocycles. The Labute approximate surface area is 123 Å². The van der Waals surface area contributed by atoms with Crippen LogP contribution in [-0.2, 0) is 11.2 Å². The summed E-state index contributed by atoms with van der Waals surface area (Å²) >= 11 is 1.64. The van der Waals surface area contributed by atoms with Gasteiger partial charge < -0.3 is 15.3 Å². The maximum atomic E-state index is 12.2. The lowest BCUT2D eigenvalue weighted by atomic mass is 10.0. The fourth-order valence-electron chi connectivity index (χ4n) is 1.98. The van der Waals surface area contributed by atoms with Crippen LogP contribution < -0.4 is 5.32 Å². The molecule has 1 aromatic heterocycles. The normalized spacial score (nSPS) is 12.8. The van der Waals surface area contributed by atoms with E-state index >= 15 is 0 Å². The van der Waals surface area contributed by atoms with Crippen LogP contribution in [0, 0.1) is 0 Å². The molecule has 0 saturated carbocycles. The van der Waals surface area contributed by atoms with Crippen molar-refractivity contribution in [3.8, 4) is 0 Å². The van der Waals surface area contributed by atoms with E-state index in [4.69, 9.17) is 0 Å². The second-order valence-corrected chi connectivity index (χ2v) is 6.27. The molecule has 20 heavy (non-hydrogen) atoms. The van der Waals surface area contributed by atoms with Gasteiger partial charge in [-0.15, -0.1) is 11.3 Å². The molecule has 0 aliphatic heterocycles. The van der Waals surface area contributed by atoms with E-state index in [1.807, 2.05) is 24.4 Å². The smallest absolute Gasteiger partial charge is 0.329 e. The van der Waals surface area contributed by atoms with Crippen LogP contribution in [0.5, 0.6) is 0 Å². The van der Waals surface area contributed by atoms with Gasteiger partial charge in [-0.25, -0.2) is 9.59 Å². The third kappa shape index (κ3) is 3.96. The van der Waals surface area contributed by atoms with Gasteiger partial charge in [0.15, 0.2) is 0 Å². The van der Waals surface area contributed by atoms with Crippen LogP contribution in [0.4, 0.5) is 4.79 Å². The number of carbonyl (C=O) groups is 2. The number of nitrogens with zero attached hydrogens (tertiary/aromatic N) is 1. The Hall–Kier alpha value is -1.56. The molecule has 0 fully saturated rings. The lowest BCUT2D eigenvalue weighted by molar-refractivity contribution is -0.147. The van der Waals surface area contributed by atoms with Crippen LogP contribution in [0.1, 0.15) is 32.6 Å². The van der Waals surface area contributed by atoms with Crippen LogP contribution in [0.3, 0.4) is 0 Å². The van der Waals surface area contributed by atoms with E-state index in [2.05, 4.69) is 5.32 Å². The number of likely N-dealkylation sites (N-methyl/N-ethyl adjacent to an activating group) is 1. The number of nitrogens with one attached hydrogen (secondary N) is 1. The van der Waals surface area contributed by atoms with Gasteiger partial charge in [-0.3, -0.25) is 0 Å². The Morgan fingerprint density at radius 1 is 1.50 bits per heavy atom.